The van der Waals surface area contributed by atoms with Gasteiger partial charge in [0.25, 0.3) is 0 Å². The maximum absolute atomic E-state index is 12.7. The Morgan fingerprint density at radius 2 is 1.54 bits per heavy atom. The maximum Gasteiger partial charge on any atom is 0.227 e. The first-order valence-electron chi connectivity index (χ1n) is 10.0. The monoisotopic (exact) mass is 386 g/mol. The standard InChI is InChI=1S/C21H30N4O3/c1-23(2)19-9-7-18(8-10-19)22-20(27)16-3-5-17(6-4-16)21(28)25-13-11-24(15-26)12-14-25/h7-10,15-17H,3-6,11-14H2,1-2H3,(H,22,27). The van der Waals surface area contributed by atoms with Gasteiger partial charge in [-0.3, -0.25) is 14.4 Å². The van der Waals surface area contributed by atoms with Gasteiger partial charge in [0.05, 0.1) is 0 Å². The lowest BCUT2D eigenvalue weighted by molar-refractivity contribution is -0.140. The summed E-state index contributed by atoms with van der Waals surface area (Å²) >= 11 is 0. The van der Waals surface area contributed by atoms with Gasteiger partial charge in [0.1, 0.15) is 0 Å². The van der Waals surface area contributed by atoms with Crippen LogP contribution in [0.3, 0.4) is 0 Å². The molecule has 152 valence electrons. The molecule has 1 aromatic carbocycles. The molecule has 0 aromatic heterocycles. The Kier molecular flexibility index (Phi) is 6.54. The number of rotatable bonds is 5. The van der Waals surface area contributed by atoms with Gasteiger partial charge in [0.15, 0.2) is 0 Å². The minimum Gasteiger partial charge on any atom is -0.378 e. The number of amides is 3. The molecule has 1 aliphatic carbocycles. The maximum atomic E-state index is 12.7. The zero-order chi connectivity index (χ0) is 20.1. The Morgan fingerprint density at radius 1 is 0.964 bits per heavy atom. The van der Waals surface area contributed by atoms with Crippen molar-refractivity contribution in [2.75, 3.05) is 50.5 Å². The first-order chi connectivity index (χ1) is 13.5. The summed E-state index contributed by atoms with van der Waals surface area (Å²) in [5.74, 6) is 0.197. The van der Waals surface area contributed by atoms with E-state index in [1.54, 1.807) is 4.90 Å². The third-order valence-electron chi connectivity index (χ3n) is 5.87. The normalized spacial score (nSPS) is 22.5. The highest BCUT2D eigenvalue weighted by Gasteiger charge is 2.33. The third-order valence-corrected chi connectivity index (χ3v) is 5.87. The van der Waals surface area contributed by atoms with Gasteiger partial charge in [0.2, 0.25) is 18.2 Å². The Morgan fingerprint density at radius 3 is 2.07 bits per heavy atom. The van der Waals surface area contributed by atoms with Gasteiger partial charge in [-0.1, -0.05) is 0 Å². The minimum absolute atomic E-state index is 0.00575. The highest BCUT2D eigenvalue weighted by Crippen LogP contribution is 2.31. The molecule has 1 N–H and O–H groups in total. The molecule has 0 spiro atoms. The van der Waals surface area contributed by atoms with Crippen molar-refractivity contribution in [3.8, 4) is 0 Å². The van der Waals surface area contributed by atoms with Crippen LogP contribution >= 0.6 is 0 Å². The summed E-state index contributed by atoms with van der Waals surface area (Å²) in [7, 11) is 3.96. The Labute approximate surface area is 166 Å². The van der Waals surface area contributed by atoms with Crippen molar-refractivity contribution in [2.24, 2.45) is 11.8 Å². The van der Waals surface area contributed by atoms with Crippen molar-refractivity contribution in [1.29, 1.82) is 0 Å². The van der Waals surface area contributed by atoms with E-state index in [1.807, 2.05) is 48.2 Å². The van der Waals surface area contributed by atoms with Crippen LogP contribution in [0.1, 0.15) is 25.7 Å². The summed E-state index contributed by atoms with van der Waals surface area (Å²) in [5.41, 5.74) is 1.90. The number of carbonyl (C=O) groups is 3. The second-order valence-electron chi connectivity index (χ2n) is 7.95. The Bertz CT molecular complexity index is 688. The highest BCUT2D eigenvalue weighted by atomic mass is 16.2. The van der Waals surface area contributed by atoms with Crippen molar-refractivity contribution in [3.05, 3.63) is 24.3 Å². The van der Waals surface area contributed by atoms with Gasteiger partial charge in [-0.2, -0.15) is 0 Å². The van der Waals surface area contributed by atoms with Crippen LogP contribution in [0, 0.1) is 11.8 Å². The molecular formula is C21H30N4O3. The van der Waals surface area contributed by atoms with E-state index < -0.39 is 0 Å². The van der Waals surface area contributed by atoms with Gasteiger partial charge >= 0.3 is 0 Å². The molecule has 1 heterocycles. The van der Waals surface area contributed by atoms with Crippen LogP contribution < -0.4 is 10.2 Å². The van der Waals surface area contributed by atoms with Gasteiger partial charge in [-0.25, -0.2) is 0 Å². The summed E-state index contributed by atoms with van der Waals surface area (Å²) in [4.78, 5) is 41.7. The average Bonchev–Trinajstić information content (AvgIpc) is 2.73. The van der Waals surface area contributed by atoms with Gasteiger partial charge in [-0.05, 0) is 49.9 Å². The zero-order valence-corrected chi connectivity index (χ0v) is 16.8. The quantitative estimate of drug-likeness (QED) is 0.783. The average molecular weight is 386 g/mol. The molecule has 1 saturated heterocycles. The number of hydrogen-bond acceptors (Lipinski definition) is 4. The van der Waals surface area contributed by atoms with Crippen molar-refractivity contribution in [1.82, 2.24) is 9.80 Å². The number of nitrogens with zero attached hydrogens (tertiary/aromatic N) is 3. The molecule has 3 amide bonds. The Balaban J connectivity index is 1.46. The fraction of sp³-hybridized carbons (Fsp3) is 0.571. The lowest BCUT2D eigenvalue weighted by atomic mass is 9.80. The molecule has 2 fully saturated rings. The van der Waals surface area contributed by atoms with Crippen molar-refractivity contribution in [2.45, 2.75) is 25.7 Å². The summed E-state index contributed by atoms with van der Waals surface area (Å²) in [6.45, 7) is 2.45. The summed E-state index contributed by atoms with van der Waals surface area (Å²) in [5, 5.41) is 3.01. The SMILES string of the molecule is CN(C)c1ccc(NC(=O)C2CCC(C(=O)N3CCN(C=O)CC3)CC2)cc1. The first-order valence-corrected chi connectivity index (χ1v) is 10.0. The predicted molar refractivity (Wildman–Crippen MR) is 109 cm³/mol. The van der Waals surface area contributed by atoms with E-state index in [1.165, 1.54) is 0 Å². The molecule has 7 nitrogen and oxygen atoms in total. The number of anilines is 2. The van der Waals surface area contributed by atoms with Gasteiger partial charge in [-0.15, -0.1) is 0 Å². The number of hydrogen-bond donors (Lipinski definition) is 1. The van der Waals surface area contributed by atoms with Crippen LogP contribution in [0.2, 0.25) is 0 Å². The number of nitrogens with one attached hydrogen (secondary N) is 1. The van der Waals surface area contributed by atoms with E-state index >= 15 is 0 Å². The van der Waals surface area contributed by atoms with E-state index in [0.29, 0.717) is 26.2 Å². The number of benzene rings is 1. The lowest BCUT2D eigenvalue weighted by Gasteiger charge is -2.36. The summed E-state index contributed by atoms with van der Waals surface area (Å²) in [6, 6.07) is 7.80. The fourth-order valence-electron chi connectivity index (χ4n) is 4.00. The number of piperazine rings is 1. The van der Waals surface area contributed by atoms with Crippen molar-refractivity contribution >= 4 is 29.6 Å². The predicted octanol–water partition coefficient (Wildman–Crippen LogP) is 1.80. The topological polar surface area (TPSA) is 73.0 Å². The molecule has 1 aromatic rings. The largest absolute Gasteiger partial charge is 0.378 e. The molecule has 0 atom stereocenters. The third kappa shape index (κ3) is 4.82. The fourth-order valence-corrected chi connectivity index (χ4v) is 4.00. The van der Waals surface area contributed by atoms with Gasteiger partial charge < -0.3 is 20.0 Å². The molecule has 2 aliphatic rings. The van der Waals surface area contributed by atoms with Crippen LogP contribution in [0.15, 0.2) is 24.3 Å². The van der Waals surface area contributed by atoms with E-state index in [9.17, 15) is 14.4 Å². The van der Waals surface area contributed by atoms with Crippen LogP contribution in [0.25, 0.3) is 0 Å². The van der Waals surface area contributed by atoms with Crippen LogP contribution in [0.4, 0.5) is 11.4 Å². The molecule has 1 aliphatic heterocycles. The van der Waals surface area contributed by atoms with Crippen LogP contribution in [-0.4, -0.2) is 68.3 Å². The van der Waals surface area contributed by atoms with E-state index in [-0.39, 0.29) is 23.7 Å². The zero-order valence-electron chi connectivity index (χ0n) is 16.8. The molecular weight excluding hydrogens is 356 g/mol. The smallest absolute Gasteiger partial charge is 0.227 e. The molecule has 0 radical (unpaired) electrons. The molecule has 1 saturated carbocycles. The molecule has 0 unspecified atom stereocenters. The summed E-state index contributed by atoms with van der Waals surface area (Å²) < 4.78 is 0. The molecule has 7 heteroatoms. The molecule has 28 heavy (non-hydrogen) atoms. The Hall–Kier alpha value is -2.57. The molecule has 0 bridgehead atoms. The molecule has 3 rings (SSSR count). The van der Waals surface area contributed by atoms with Crippen molar-refractivity contribution < 1.29 is 14.4 Å². The van der Waals surface area contributed by atoms with Crippen LogP contribution in [-0.2, 0) is 14.4 Å². The van der Waals surface area contributed by atoms with E-state index in [2.05, 4.69) is 5.32 Å². The number of carbonyl (C=O) groups excluding carboxylic acids is 3. The highest BCUT2D eigenvalue weighted by molar-refractivity contribution is 5.93. The second-order valence-corrected chi connectivity index (χ2v) is 7.95. The van der Waals surface area contributed by atoms with E-state index in [4.69, 9.17) is 0 Å². The van der Waals surface area contributed by atoms with Gasteiger partial charge in [0, 0.05) is 63.5 Å². The lowest BCUT2D eigenvalue weighted by Crippen LogP contribution is -2.50. The second kappa shape index (κ2) is 9.08. The van der Waals surface area contributed by atoms with Crippen molar-refractivity contribution in [3.63, 3.8) is 0 Å². The minimum atomic E-state index is -0.0375. The van der Waals surface area contributed by atoms with Crippen LogP contribution in [0.5, 0.6) is 0 Å². The van der Waals surface area contributed by atoms with E-state index in [0.717, 1.165) is 43.5 Å². The summed E-state index contributed by atoms with van der Waals surface area (Å²) in [6.07, 6.45) is 3.84. The first kappa shape index (κ1) is 20.2.